The van der Waals surface area contributed by atoms with Crippen LogP contribution in [0.1, 0.15) is 47.8 Å². The van der Waals surface area contributed by atoms with Crippen molar-refractivity contribution in [2.75, 3.05) is 13.7 Å². The number of benzene rings is 1. The van der Waals surface area contributed by atoms with Gasteiger partial charge in [0.15, 0.2) is 0 Å². The number of aryl methyl sites for hydroxylation is 1. The van der Waals surface area contributed by atoms with Crippen LogP contribution in [0.5, 0.6) is 5.75 Å². The molecule has 0 bridgehead atoms. The summed E-state index contributed by atoms with van der Waals surface area (Å²) in [6.07, 6.45) is 3.25. The SMILES string of the molecule is CCC(=O)CCCc1c(C(=O)NC)[nH]c2cc(Cl)c3c(c12)CCO3. The minimum Gasteiger partial charge on any atom is -0.491 e. The quantitative estimate of drug-likeness (QED) is 0.840. The zero-order chi connectivity index (χ0) is 17.3. The van der Waals surface area contributed by atoms with Gasteiger partial charge in [-0.25, -0.2) is 0 Å². The van der Waals surface area contributed by atoms with Crippen LogP contribution in [0.15, 0.2) is 6.07 Å². The van der Waals surface area contributed by atoms with Gasteiger partial charge in [-0.1, -0.05) is 18.5 Å². The third-order valence-electron chi connectivity index (χ3n) is 4.53. The van der Waals surface area contributed by atoms with Crippen molar-refractivity contribution in [3.63, 3.8) is 0 Å². The number of aromatic amines is 1. The van der Waals surface area contributed by atoms with E-state index in [0.29, 0.717) is 36.6 Å². The average molecular weight is 349 g/mol. The molecule has 0 radical (unpaired) electrons. The number of fused-ring (bicyclic) bond motifs is 3. The Bertz CT molecular complexity index is 810. The van der Waals surface area contributed by atoms with E-state index in [-0.39, 0.29) is 11.7 Å². The molecule has 0 saturated heterocycles. The van der Waals surface area contributed by atoms with Gasteiger partial charge in [0.05, 0.1) is 11.6 Å². The highest BCUT2D eigenvalue weighted by molar-refractivity contribution is 6.33. The molecule has 5 nitrogen and oxygen atoms in total. The van der Waals surface area contributed by atoms with Crippen molar-refractivity contribution in [3.8, 4) is 5.75 Å². The first-order valence-electron chi connectivity index (χ1n) is 8.29. The smallest absolute Gasteiger partial charge is 0.267 e. The summed E-state index contributed by atoms with van der Waals surface area (Å²) < 4.78 is 5.65. The van der Waals surface area contributed by atoms with Crippen LogP contribution in [0.3, 0.4) is 0 Å². The van der Waals surface area contributed by atoms with Gasteiger partial charge in [-0.05, 0) is 24.5 Å². The Morgan fingerprint density at radius 2 is 2.21 bits per heavy atom. The standard InChI is InChI=1S/C18H21ClN2O3/c1-3-10(22)5-4-6-11-15-12-7-8-24-17(12)13(19)9-14(15)21-16(11)18(23)20-2/h9,21H,3-8H2,1-2H3,(H,20,23). The number of ketones is 1. The van der Waals surface area contributed by atoms with Crippen LogP contribution in [0.2, 0.25) is 5.02 Å². The molecule has 6 heteroatoms. The number of Topliss-reactive ketones (excluding diaryl/α,β-unsaturated/α-hetero) is 1. The van der Waals surface area contributed by atoms with Gasteiger partial charge in [-0.3, -0.25) is 9.59 Å². The first-order valence-corrected chi connectivity index (χ1v) is 8.67. The molecule has 3 rings (SSSR count). The Morgan fingerprint density at radius 3 is 2.92 bits per heavy atom. The Balaban J connectivity index is 2.07. The van der Waals surface area contributed by atoms with Crippen molar-refractivity contribution in [1.82, 2.24) is 10.3 Å². The third-order valence-corrected chi connectivity index (χ3v) is 4.81. The Kier molecular flexibility index (Phi) is 4.81. The van der Waals surface area contributed by atoms with E-state index in [4.69, 9.17) is 16.3 Å². The number of carbonyl (C=O) groups excluding carboxylic acids is 2. The van der Waals surface area contributed by atoms with Crippen molar-refractivity contribution in [3.05, 3.63) is 27.9 Å². The largest absolute Gasteiger partial charge is 0.491 e. The Labute approximate surface area is 145 Å². The zero-order valence-corrected chi connectivity index (χ0v) is 14.7. The van der Waals surface area contributed by atoms with Gasteiger partial charge < -0.3 is 15.0 Å². The molecule has 128 valence electrons. The second-order valence-electron chi connectivity index (χ2n) is 5.99. The molecule has 0 unspecified atom stereocenters. The van der Waals surface area contributed by atoms with Crippen molar-refractivity contribution >= 4 is 34.2 Å². The lowest BCUT2D eigenvalue weighted by Crippen LogP contribution is -2.19. The number of hydrogen-bond acceptors (Lipinski definition) is 3. The number of H-pyrrole nitrogens is 1. The van der Waals surface area contributed by atoms with Crippen molar-refractivity contribution in [2.45, 2.75) is 39.0 Å². The first-order chi connectivity index (χ1) is 11.6. The number of halogens is 1. The van der Waals surface area contributed by atoms with E-state index in [0.717, 1.165) is 40.6 Å². The summed E-state index contributed by atoms with van der Waals surface area (Å²) in [5, 5.41) is 4.26. The first kappa shape index (κ1) is 16.8. The van der Waals surface area contributed by atoms with Crippen LogP contribution >= 0.6 is 11.6 Å². The van der Waals surface area contributed by atoms with Crippen molar-refractivity contribution in [2.24, 2.45) is 0 Å². The van der Waals surface area contributed by atoms with E-state index in [1.807, 2.05) is 13.0 Å². The predicted octanol–water partition coefficient (Wildman–Crippen LogP) is 3.42. The maximum absolute atomic E-state index is 12.3. The summed E-state index contributed by atoms with van der Waals surface area (Å²) >= 11 is 6.30. The molecule has 1 aliphatic heterocycles. The van der Waals surface area contributed by atoms with E-state index in [9.17, 15) is 9.59 Å². The Morgan fingerprint density at radius 1 is 1.42 bits per heavy atom. The van der Waals surface area contributed by atoms with Crippen LogP contribution in [-0.2, 0) is 17.6 Å². The van der Waals surface area contributed by atoms with E-state index >= 15 is 0 Å². The fourth-order valence-electron chi connectivity index (χ4n) is 3.32. The van der Waals surface area contributed by atoms with Gasteiger partial charge in [0.25, 0.3) is 5.91 Å². The summed E-state index contributed by atoms with van der Waals surface area (Å²) in [6, 6.07) is 1.81. The highest BCUT2D eigenvalue weighted by atomic mass is 35.5. The molecule has 0 fully saturated rings. The lowest BCUT2D eigenvalue weighted by molar-refractivity contribution is -0.118. The summed E-state index contributed by atoms with van der Waals surface area (Å²) in [6.45, 7) is 2.47. The monoisotopic (exact) mass is 348 g/mol. The minimum atomic E-state index is -0.160. The molecule has 1 amide bonds. The normalized spacial score (nSPS) is 13.0. The van der Waals surface area contributed by atoms with Gasteiger partial charge in [0.2, 0.25) is 0 Å². The number of nitrogens with one attached hydrogen (secondary N) is 2. The van der Waals surface area contributed by atoms with E-state index in [1.165, 1.54) is 0 Å². The lowest BCUT2D eigenvalue weighted by atomic mass is 9.97. The number of hydrogen-bond donors (Lipinski definition) is 2. The molecular weight excluding hydrogens is 328 g/mol. The second-order valence-corrected chi connectivity index (χ2v) is 6.40. The number of aromatic nitrogens is 1. The van der Waals surface area contributed by atoms with Gasteiger partial charge in [0, 0.05) is 42.8 Å². The van der Waals surface area contributed by atoms with Crippen molar-refractivity contribution in [1.29, 1.82) is 0 Å². The van der Waals surface area contributed by atoms with E-state index in [2.05, 4.69) is 10.3 Å². The topological polar surface area (TPSA) is 71.2 Å². The van der Waals surface area contributed by atoms with Crippen LogP contribution in [-0.4, -0.2) is 30.3 Å². The molecule has 1 aromatic carbocycles. The molecule has 2 heterocycles. The zero-order valence-electron chi connectivity index (χ0n) is 13.9. The highest BCUT2D eigenvalue weighted by Gasteiger charge is 2.25. The minimum absolute atomic E-state index is 0.160. The third kappa shape index (κ3) is 2.88. The summed E-state index contributed by atoms with van der Waals surface area (Å²) in [5.74, 6) is 0.803. The molecule has 24 heavy (non-hydrogen) atoms. The number of ether oxygens (including phenoxy) is 1. The summed E-state index contributed by atoms with van der Waals surface area (Å²) in [4.78, 5) is 27.1. The maximum Gasteiger partial charge on any atom is 0.267 e. The van der Waals surface area contributed by atoms with Crippen molar-refractivity contribution < 1.29 is 14.3 Å². The number of carbonyl (C=O) groups is 2. The molecule has 0 spiro atoms. The number of amides is 1. The van der Waals surface area contributed by atoms with Gasteiger partial charge in [0.1, 0.15) is 17.2 Å². The second kappa shape index (κ2) is 6.85. The maximum atomic E-state index is 12.3. The average Bonchev–Trinajstić information content (AvgIpc) is 3.19. The number of rotatable bonds is 6. The fourth-order valence-corrected chi connectivity index (χ4v) is 3.60. The van der Waals surface area contributed by atoms with Gasteiger partial charge in [-0.15, -0.1) is 0 Å². The molecule has 2 aromatic rings. The molecule has 0 atom stereocenters. The fraction of sp³-hybridized carbons (Fsp3) is 0.444. The van der Waals surface area contributed by atoms with Crippen LogP contribution in [0.4, 0.5) is 0 Å². The molecule has 1 aliphatic rings. The molecule has 1 aromatic heterocycles. The lowest BCUT2D eigenvalue weighted by Gasteiger charge is -2.07. The Hall–Kier alpha value is -2.01. The molecule has 2 N–H and O–H groups in total. The van der Waals surface area contributed by atoms with E-state index in [1.54, 1.807) is 7.05 Å². The summed E-state index contributed by atoms with van der Waals surface area (Å²) in [7, 11) is 1.61. The predicted molar refractivity (Wildman–Crippen MR) is 94.1 cm³/mol. The van der Waals surface area contributed by atoms with Crippen LogP contribution < -0.4 is 10.1 Å². The molecule has 0 aliphatic carbocycles. The van der Waals surface area contributed by atoms with Crippen LogP contribution in [0.25, 0.3) is 10.9 Å². The van der Waals surface area contributed by atoms with Gasteiger partial charge >= 0.3 is 0 Å². The van der Waals surface area contributed by atoms with Crippen LogP contribution in [0, 0.1) is 0 Å². The highest BCUT2D eigenvalue weighted by Crippen LogP contribution is 2.41. The van der Waals surface area contributed by atoms with Gasteiger partial charge in [-0.2, -0.15) is 0 Å². The molecule has 0 saturated carbocycles. The molecular formula is C18H21ClN2O3. The summed E-state index contributed by atoms with van der Waals surface area (Å²) in [5.41, 5.74) is 3.40. The van der Waals surface area contributed by atoms with E-state index < -0.39 is 0 Å².